The van der Waals surface area contributed by atoms with Crippen LogP contribution in [-0.2, 0) is 13.2 Å². The van der Waals surface area contributed by atoms with Crippen molar-refractivity contribution in [3.63, 3.8) is 0 Å². The van der Waals surface area contributed by atoms with Gasteiger partial charge in [0, 0.05) is 12.1 Å². The number of ether oxygens (including phenoxy) is 1. The molecule has 2 aromatic carbocycles. The van der Waals surface area contributed by atoms with Gasteiger partial charge in [0.25, 0.3) is 0 Å². The minimum Gasteiger partial charge on any atom is -0.489 e. The summed E-state index contributed by atoms with van der Waals surface area (Å²) < 4.78 is 5.98. The molecule has 0 aliphatic heterocycles. The maximum Gasteiger partial charge on any atom is 0.120 e. The van der Waals surface area contributed by atoms with Crippen molar-refractivity contribution >= 4 is 0 Å². The maximum absolute atomic E-state index is 10.9. The van der Waals surface area contributed by atoms with E-state index in [0.29, 0.717) is 18.4 Å². The number of hydrogen-bond donors (Lipinski definition) is 2. The molecule has 27 heavy (non-hydrogen) atoms. The van der Waals surface area contributed by atoms with Crippen LogP contribution in [0.5, 0.6) is 5.75 Å². The van der Waals surface area contributed by atoms with Gasteiger partial charge in [-0.1, -0.05) is 42.5 Å². The summed E-state index contributed by atoms with van der Waals surface area (Å²) >= 11 is 0. The van der Waals surface area contributed by atoms with Gasteiger partial charge in [-0.2, -0.15) is 0 Å². The Hall–Kier alpha value is -1.84. The molecule has 2 aromatic rings. The van der Waals surface area contributed by atoms with Crippen molar-refractivity contribution in [2.75, 3.05) is 0 Å². The van der Waals surface area contributed by atoms with E-state index in [1.165, 1.54) is 30.4 Å². The lowest BCUT2D eigenvalue weighted by atomic mass is 9.51. The van der Waals surface area contributed by atoms with E-state index in [9.17, 15) is 5.11 Å². The normalized spacial score (nSPS) is 34.0. The molecule has 2 atom stereocenters. The van der Waals surface area contributed by atoms with Gasteiger partial charge in [0.15, 0.2) is 0 Å². The van der Waals surface area contributed by atoms with Crippen LogP contribution in [0.15, 0.2) is 54.6 Å². The summed E-state index contributed by atoms with van der Waals surface area (Å²) in [6, 6.07) is 18.7. The zero-order valence-electron chi connectivity index (χ0n) is 15.9. The average molecular weight is 364 g/mol. The minimum atomic E-state index is -0.405. The van der Waals surface area contributed by atoms with Gasteiger partial charge in [0.05, 0.1) is 5.60 Å². The highest BCUT2D eigenvalue weighted by Crippen LogP contribution is 2.57. The Kier molecular flexibility index (Phi) is 4.25. The van der Waals surface area contributed by atoms with E-state index in [4.69, 9.17) is 4.74 Å². The Labute approximate surface area is 161 Å². The first kappa shape index (κ1) is 17.3. The largest absolute Gasteiger partial charge is 0.489 e. The van der Waals surface area contributed by atoms with Crippen LogP contribution >= 0.6 is 0 Å². The van der Waals surface area contributed by atoms with Gasteiger partial charge < -0.3 is 15.2 Å². The van der Waals surface area contributed by atoms with Crippen molar-refractivity contribution in [2.45, 2.75) is 62.8 Å². The molecule has 6 rings (SSSR count). The molecular weight excluding hydrogens is 334 g/mol. The van der Waals surface area contributed by atoms with Gasteiger partial charge >= 0.3 is 0 Å². The van der Waals surface area contributed by atoms with Crippen LogP contribution in [0.2, 0.25) is 0 Å². The van der Waals surface area contributed by atoms with Crippen LogP contribution in [-0.4, -0.2) is 16.2 Å². The maximum atomic E-state index is 10.9. The van der Waals surface area contributed by atoms with Crippen molar-refractivity contribution in [2.24, 2.45) is 11.8 Å². The first-order chi connectivity index (χ1) is 13.1. The zero-order chi connectivity index (χ0) is 18.3. The van der Waals surface area contributed by atoms with E-state index in [0.717, 1.165) is 31.6 Å². The fourth-order valence-corrected chi connectivity index (χ4v) is 6.20. The molecule has 4 bridgehead atoms. The second kappa shape index (κ2) is 6.65. The van der Waals surface area contributed by atoms with E-state index in [2.05, 4.69) is 35.6 Å². The van der Waals surface area contributed by atoms with E-state index < -0.39 is 5.60 Å². The molecule has 0 aromatic heterocycles. The summed E-state index contributed by atoms with van der Waals surface area (Å²) in [5, 5.41) is 14.8. The number of rotatable bonds is 6. The van der Waals surface area contributed by atoms with Crippen LogP contribution in [0.1, 0.15) is 49.7 Å². The molecule has 2 unspecified atom stereocenters. The lowest BCUT2D eigenvalue weighted by molar-refractivity contribution is -0.142. The van der Waals surface area contributed by atoms with Crippen LogP contribution in [0.3, 0.4) is 0 Å². The Balaban J connectivity index is 1.23. The standard InChI is InChI=1S/C24H29NO2/c26-24-13-20-9-21(14-24)12-23(11-20,17-24)25-15-19-7-4-8-22(10-19)27-16-18-5-2-1-3-6-18/h1-8,10,20-21,25-26H,9,11-17H2. The smallest absolute Gasteiger partial charge is 0.120 e. The van der Waals surface area contributed by atoms with Crippen LogP contribution in [0.25, 0.3) is 0 Å². The summed E-state index contributed by atoms with van der Waals surface area (Å²) in [5.74, 6) is 2.34. The lowest BCUT2D eigenvalue weighted by Crippen LogP contribution is -2.64. The number of aliphatic hydroxyl groups is 1. The Morgan fingerprint density at radius 2 is 1.67 bits per heavy atom. The summed E-state index contributed by atoms with van der Waals surface area (Å²) in [5.41, 5.74) is 2.17. The van der Waals surface area contributed by atoms with Gasteiger partial charge in [0.1, 0.15) is 12.4 Å². The fraction of sp³-hybridized carbons (Fsp3) is 0.500. The molecule has 0 heterocycles. The third-order valence-electron chi connectivity index (χ3n) is 6.84. The van der Waals surface area contributed by atoms with Gasteiger partial charge in [0.2, 0.25) is 0 Å². The van der Waals surface area contributed by atoms with Crippen LogP contribution in [0, 0.1) is 11.8 Å². The molecule has 3 nitrogen and oxygen atoms in total. The van der Waals surface area contributed by atoms with Crippen molar-refractivity contribution in [3.8, 4) is 5.75 Å². The van der Waals surface area contributed by atoms with Crippen LogP contribution in [0.4, 0.5) is 0 Å². The Bertz CT molecular complexity index is 789. The monoisotopic (exact) mass is 363 g/mol. The third kappa shape index (κ3) is 3.63. The van der Waals surface area contributed by atoms with E-state index >= 15 is 0 Å². The molecule has 0 saturated heterocycles. The minimum absolute atomic E-state index is 0.139. The topological polar surface area (TPSA) is 41.5 Å². The number of benzene rings is 2. The first-order valence-electron chi connectivity index (χ1n) is 10.3. The van der Waals surface area contributed by atoms with E-state index in [1.54, 1.807) is 0 Å². The molecule has 3 heteroatoms. The third-order valence-corrected chi connectivity index (χ3v) is 6.84. The molecule has 0 amide bonds. The Morgan fingerprint density at radius 1 is 0.926 bits per heavy atom. The van der Waals surface area contributed by atoms with Crippen molar-refractivity contribution < 1.29 is 9.84 Å². The van der Waals surface area contributed by atoms with Crippen molar-refractivity contribution in [3.05, 3.63) is 65.7 Å². The SMILES string of the molecule is OC12CC3CC(C1)CC(NCc1cccc(OCc4ccccc4)c1)(C3)C2. The number of hydrogen-bond acceptors (Lipinski definition) is 3. The Morgan fingerprint density at radius 3 is 2.41 bits per heavy atom. The molecule has 0 radical (unpaired) electrons. The summed E-state index contributed by atoms with van der Waals surface area (Å²) in [7, 11) is 0. The molecule has 4 aliphatic carbocycles. The predicted octanol–water partition coefficient (Wildman–Crippen LogP) is 4.44. The second-order valence-electron chi connectivity index (χ2n) is 9.24. The lowest BCUT2D eigenvalue weighted by Gasteiger charge is -2.60. The van der Waals surface area contributed by atoms with Crippen LogP contribution < -0.4 is 10.1 Å². The second-order valence-corrected chi connectivity index (χ2v) is 9.24. The van der Waals surface area contributed by atoms with Gasteiger partial charge in [-0.3, -0.25) is 0 Å². The molecule has 2 N–H and O–H groups in total. The molecular formula is C24H29NO2. The highest BCUT2D eigenvalue weighted by Gasteiger charge is 2.56. The molecule has 142 valence electrons. The molecule has 4 aliphatic rings. The van der Waals surface area contributed by atoms with Gasteiger partial charge in [-0.15, -0.1) is 0 Å². The van der Waals surface area contributed by atoms with Crippen molar-refractivity contribution in [1.29, 1.82) is 0 Å². The average Bonchev–Trinajstić information content (AvgIpc) is 2.64. The predicted molar refractivity (Wildman–Crippen MR) is 106 cm³/mol. The number of nitrogens with one attached hydrogen (secondary N) is 1. The molecule has 0 spiro atoms. The quantitative estimate of drug-likeness (QED) is 0.797. The first-order valence-corrected chi connectivity index (χ1v) is 10.3. The highest BCUT2D eigenvalue weighted by molar-refractivity contribution is 5.29. The van der Waals surface area contributed by atoms with Gasteiger partial charge in [-0.05, 0) is 73.6 Å². The van der Waals surface area contributed by atoms with Gasteiger partial charge in [-0.25, -0.2) is 0 Å². The summed E-state index contributed by atoms with van der Waals surface area (Å²) in [6.07, 6.45) is 6.77. The highest BCUT2D eigenvalue weighted by atomic mass is 16.5. The van der Waals surface area contributed by atoms with E-state index in [1.807, 2.05) is 24.3 Å². The zero-order valence-corrected chi connectivity index (χ0v) is 15.9. The summed E-state index contributed by atoms with van der Waals surface area (Å²) in [6.45, 7) is 1.44. The molecule has 4 fully saturated rings. The summed E-state index contributed by atoms with van der Waals surface area (Å²) in [4.78, 5) is 0. The van der Waals surface area contributed by atoms with E-state index in [-0.39, 0.29) is 5.54 Å². The fourth-order valence-electron chi connectivity index (χ4n) is 6.20. The molecule has 4 saturated carbocycles. The van der Waals surface area contributed by atoms with Crippen molar-refractivity contribution in [1.82, 2.24) is 5.32 Å².